The highest BCUT2D eigenvalue weighted by atomic mass is 15.1. The number of imidazole rings is 1. The molecule has 0 unspecified atom stereocenters. The summed E-state index contributed by atoms with van der Waals surface area (Å²) >= 11 is 0. The van der Waals surface area contributed by atoms with Crippen LogP contribution in [0.5, 0.6) is 0 Å². The van der Waals surface area contributed by atoms with E-state index in [2.05, 4.69) is 213 Å². The summed E-state index contributed by atoms with van der Waals surface area (Å²) in [6.45, 7) is 6.35. The van der Waals surface area contributed by atoms with E-state index in [1.807, 2.05) is 0 Å². The van der Waals surface area contributed by atoms with Crippen LogP contribution in [0.4, 0.5) is 0 Å². The topological polar surface area (TPSA) is 17.8 Å². The molecule has 0 N–H and O–H groups in total. The van der Waals surface area contributed by atoms with Gasteiger partial charge in [-0.1, -0.05) is 165 Å². The van der Waals surface area contributed by atoms with Gasteiger partial charge in [0.25, 0.3) is 0 Å². The molecular weight excluding hydrogens is 665 g/mol. The third-order valence-corrected chi connectivity index (χ3v) is 10.9. The molecule has 8 aromatic carbocycles. The van der Waals surface area contributed by atoms with E-state index in [4.69, 9.17) is 4.98 Å². The van der Waals surface area contributed by atoms with Crippen LogP contribution in [-0.2, 0) is 6.42 Å². The fourth-order valence-electron chi connectivity index (χ4n) is 8.23. The van der Waals surface area contributed by atoms with Gasteiger partial charge in [-0.2, -0.15) is 0 Å². The van der Waals surface area contributed by atoms with Crippen LogP contribution in [0.2, 0.25) is 0 Å². The predicted octanol–water partition coefficient (Wildman–Crippen LogP) is 14.5. The molecule has 0 radical (unpaired) electrons. The van der Waals surface area contributed by atoms with Crippen LogP contribution in [0.15, 0.2) is 188 Å². The van der Waals surface area contributed by atoms with Crippen molar-refractivity contribution in [3.8, 4) is 50.2 Å². The van der Waals surface area contributed by atoms with Crippen LogP contribution < -0.4 is 0 Å². The molecule has 9 rings (SSSR count). The Morgan fingerprint density at radius 2 is 1.07 bits per heavy atom. The third-order valence-electron chi connectivity index (χ3n) is 10.9. The van der Waals surface area contributed by atoms with Crippen LogP contribution in [0.25, 0.3) is 88.3 Å². The number of rotatable bonds is 8. The fourth-order valence-corrected chi connectivity index (χ4v) is 8.23. The maximum Gasteiger partial charge on any atom is 0.114 e. The Bertz CT molecular complexity index is 2890. The van der Waals surface area contributed by atoms with Gasteiger partial charge in [0.2, 0.25) is 0 Å². The zero-order chi connectivity index (χ0) is 37.3. The van der Waals surface area contributed by atoms with Gasteiger partial charge in [-0.15, -0.1) is 0 Å². The smallest absolute Gasteiger partial charge is 0.114 e. The number of aromatic nitrogens is 2. The van der Waals surface area contributed by atoms with Gasteiger partial charge < -0.3 is 0 Å². The number of hydrogen-bond acceptors (Lipinski definition) is 1. The summed E-state index contributed by atoms with van der Waals surface area (Å²) in [5, 5.41) is 4.96. The van der Waals surface area contributed by atoms with Gasteiger partial charge in [0, 0.05) is 12.1 Å². The Kier molecular flexibility index (Phi) is 9.01. The standard InChI is InChI=1S/C53H42N2/c1-4-15-36(5-2)38-24-28-40(29-25-38)52-45-20-10-11-21-46(45)53(41-30-26-39(27-31-41)37-16-8-7-9-17-37)48-35-43(32-33-47(48)52)42-18-14-19-44(34-42)55-50-23-13-12-22-49(50)54-51(55)6-3/h4-5,7-35H,6H2,1-3H3/b15-4-,36-5+. The molecular formula is C53H42N2. The molecule has 9 aromatic rings. The lowest BCUT2D eigenvalue weighted by Crippen LogP contribution is -2.00. The second-order valence-electron chi connectivity index (χ2n) is 14.1. The predicted molar refractivity (Wildman–Crippen MR) is 236 cm³/mol. The van der Waals surface area contributed by atoms with E-state index >= 15 is 0 Å². The van der Waals surface area contributed by atoms with E-state index in [1.165, 1.54) is 77.2 Å². The molecule has 2 heteroatoms. The van der Waals surface area contributed by atoms with Gasteiger partial charge in [0.05, 0.1) is 11.0 Å². The summed E-state index contributed by atoms with van der Waals surface area (Å²) in [6.07, 6.45) is 7.30. The number of hydrogen-bond donors (Lipinski definition) is 0. The van der Waals surface area contributed by atoms with Crippen molar-refractivity contribution < 1.29 is 0 Å². The second kappa shape index (κ2) is 14.6. The Hall–Kier alpha value is -6.77. The highest BCUT2D eigenvalue weighted by molar-refractivity contribution is 6.22. The number of benzene rings is 8. The first-order chi connectivity index (χ1) is 27.1. The molecule has 1 aromatic heterocycles. The Morgan fingerprint density at radius 3 is 1.78 bits per heavy atom. The normalized spacial score (nSPS) is 12.0. The van der Waals surface area contributed by atoms with E-state index in [0.717, 1.165) is 29.0 Å². The molecule has 264 valence electrons. The monoisotopic (exact) mass is 706 g/mol. The number of aryl methyl sites for hydroxylation is 1. The van der Waals surface area contributed by atoms with E-state index in [9.17, 15) is 0 Å². The van der Waals surface area contributed by atoms with E-state index in [-0.39, 0.29) is 0 Å². The van der Waals surface area contributed by atoms with E-state index in [0.29, 0.717) is 0 Å². The summed E-state index contributed by atoms with van der Waals surface area (Å²) < 4.78 is 2.31. The van der Waals surface area contributed by atoms with Crippen molar-refractivity contribution in [2.24, 2.45) is 0 Å². The summed E-state index contributed by atoms with van der Waals surface area (Å²) in [4.78, 5) is 4.97. The van der Waals surface area contributed by atoms with Crippen molar-refractivity contribution in [3.05, 3.63) is 199 Å². The molecule has 0 fully saturated rings. The largest absolute Gasteiger partial charge is 0.296 e. The summed E-state index contributed by atoms with van der Waals surface area (Å²) in [6, 6.07) is 62.1. The Labute approximate surface area is 323 Å². The van der Waals surface area contributed by atoms with Gasteiger partial charge >= 0.3 is 0 Å². The van der Waals surface area contributed by atoms with Crippen molar-refractivity contribution in [3.63, 3.8) is 0 Å². The SMILES string of the molecule is C/C=C\C(=C/C)c1ccc(-c2c3ccccc3c(-c3ccc(-c4ccccc4)cc3)c3cc(-c4cccc(-n5c(CC)nc6ccccc65)c4)ccc23)cc1. The van der Waals surface area contributed by atoms with Crippen molar-refractivity contribution >= 4 is 38.2 Å². The summed E-state index contributed by atoms with van der Waals surface area (Å²) in [5.74, 6) is 1.06. The van der Waals surface area contributed by atoms with Gasteiger partial charge in [0.15, 0.2) is 0 Å². The molecule has 0 bridgehead atoms. The Balaban J connectivity index is 1.27. The van der Waals surface area contributed by atoms with Gasteiger partial charge in [0.1, 0.15) is 5.82 Å². The average molecular weight is 707 g/mol. The van der Waals surface area contributed by atoms with Crippen LogP contribution >= 0.6 is 0 Å². The van der Waals surface area contributed by atoms with E-state index < -0.39 is 0 Å². The highest BCUT2D eigenvalue weighted by Gasteiger charge is 2.19. The molecule has 0 atom stereocenters. The molecule has 0 aliphatic carbocycles. The number of para-hydroxylation sites is 2. The molecule has 2 nitrogen and oxygen atoms in total. The molecule has 0 aliphatic rings. The van der Waals surface area contributed by atoms with E-state index in [1.54, 1.807) is 0 Å². The maximum absolute atomic E-state index is 4.97. The van der Waals surface area contributed by atoms with Crippen LogP contribution in [0.3, 0.4) is 0 Å². The van der Waals surface area contributed by atoms with Crippen LogP contribution in [-0.4, -0.2) is 9.55 Å². The molecule has 55 heavy (non-hydrogen) atoms. The zero-order valence-corrected chi connectivity index (χ0v) is 31.5. The minimum Gasteiger partial charge on any atom is -0.296 e. The first-order valence-corrected chi connectivity index (χ1v) is 19.3. The zero-order valence-electron chi connectivity index (χ0n) is 31.5. The second-order valence-corrected chi connectivity index (χ2v) is 14.1. The lowest BCUT2D eigenvalue weighted by molar-refractivity contribution is 0.908. The fraction of sp³-hybridized carbons (Fsp3) is 0.0755. The quantitative estimate of drug-likeness (QED) is 0.114. The maximum atomic E-state index is 4.97. The van der Waals surface area contributed by atoms with Gasteiger partial charge in [-0.3, -0.25) is 4.57 Å². The first kappa shape index (κ1) is 34.0. The summed E-state index contributed by atoms with van der Waals surface area (Å²) in [7, 11) is 0. The minimum atomic E-state index is 0.851. The Morgan fingerprint density at radius 1 is 0.509 bits per heavy atom. The minimum absolute atomic E-state index is 0.851. The molecule has 0 saturated carbocycles. The molecule has 0 saturated heterocycles. The molecule has 0 spiro atoms. The van der Waals surface area contributed by atoms with Crippen molar-refractivity contribution in [1.82, 2.24) is 9.55 Å². The lowest BCUT2D eigenvalue weighted by Gasteiger charge is -2.19. The highest BCUT2D eigenvalue weighted by Crippen LogP contribution is 2.45. The van der Waals surface area contributed by atoms with Crippen molar-refractivity contribution in [2.45, 2.75) is 27.2 Å². The summed E-state index contributed by atoms with van der Waals surface area (Å²) in [5.41, 5.74) is 15.4. The number of allylic oxidation sites excluding steroid dienone is 4. The molecule has 1 heterocycles. The van der Waals surface area contributed by atoms with Crippen LogP contribution in [0.1, 0.15) is 32.2 Å². The number of nitrogens with zero attached hydrogens (tertiary/aromatic N) is 2. The van der Waals surface area contributed by atoms with Crippen molar-refractivity contribution in [2.75, 3.05) is 0 Å². The molecule has 0 aliphatic heterocycles. The van der Waals surface area contributed by atoms with Gasteiger partial charge in [-0.25, -0.2) is 4.98 Å². The molecule has 0 amide bonds. The first-order valence-electron chi connectivity index (χ1n) is 19.3. The number of fused-ring (bicyclic) bond motifs is 3. The van der Waals surface area contributed by atoms with Crippen molar-refractivity contribution in [1.29, 1.82) is 0 Å². The third kappa shape index (κ3) is 6.16. The average Bonchev–Trinajstić information content (AvgIpc) is 3.64. The van der Waals surface area contributed by atoms with Crippen LogP contribution in [0, 0.1) is 0 Å². The van der Waals surface area contributed by atoms with Gasteiger partial charge in [-0.05, 0) is 121 Å². The lowest BCUT2D eigenvalue weighted by atomic mass is 9.84.